The van der Waals surface area contributed by atoms with Gasteiger partial charge in [0.2, 0.25) is 0 Å². The summed E-state index contributed by atoms with van der Waals surface area (Å²) in [5.74, 6) is 0. The third-order valence-corrected chi connectivity index (χ3v) is 0.946. The molecule has 0 aliphatic heterocycles. The molecule has 0 atom stereocenters. The van der Waals surface area contributed by atoms with Gasteiger partial charge in [-0.15, -0.1) is 0 Å². The SMILES string of the molecule is C=CC=N/C=C(/C#N)CC. The van der Waals surface area contributed by atoms with E-state index in [1.165, 1.54) is 0 Å². The second kappa shape index (κ2) is 5.77. The molecule has 0 radical (unpaired) electrons. The van der Waals surface area contributed by atoms with Crippen LogP contribution in [-0.4, -0.2) is 6.21 Å². The Morgan fingerprint density at radius 3 is 2.90 bits per heavy atom. The van der Waals surface area contributed by atoms with Crippen LogP contribution in [0.2, 0.25) is 0 Å². The summed E-state index contributed by atoms with van der Waals surface area (Å²) in [4.78, 5) is 3.80. The monoisotopic (exact) mass is 134 g/mol. The minimum Gasteiger partial charge on any atom is -0.264 e. The molecule has 0 amide bonds. The van der Waals surface area contributed by atoms with E-state index in [0.29, 0.717) is 5.57 Å². The molecule has 0 aromatic heterocycles. The van der Waals surface area contributed by atoms with E-state index in [9.17, 15) is 0 Å². The van der Waals surface area contributed by atoms with Crippen LogP contribution >= 0.6 is 0 Å². The van der Waals surface area contributed by atoms with Crippen LogP contribution < -0.4 is 0 Å². The van der Waals surface area contributed by atoms with Gasteiger partial charge in [-0.3, -0.25) is 4.99 Å². The zero-order valence-corrected chi connectivity index (χ0v) is 6.04. The predicted octanol–water partition coefficient (Wildman–Crippen LogP) is 2.06. The van der Waals surface area contributed by atoms with Crippen LogP contribution in [0.15, 0.2) is 29.4 Å². The maximum Gasteiger partial charge on any atom is 0.0963 e. The molecule has 52 valence electrons. The molecule has 0 bridgehead atoms. The van der Waals surface area contributed by atoms with Crippen molar-refractivity contribution in [3.05, 3.63) is 24.4 Å². The number of nitriles is 1. The van der Waals surface area contributed by atoms with Gasteiger partial charge in [-0.25, -0.2) is 0 Å². The number of hydrogen-bond acceptors (Lipinski definition) is 2. The summed E-state index contributed by atoms with van der Waals surface area (Å²) < 4.78 is 0. The molecular weight excluding hydrogens is 124 g/mol. The first-order chi connectivity index (χ1) is 4.85. The van der Waals surface area contributed by atoms with Gasteiger partial charge in [0.15, 0.2) is 0 Å². The Bertz CT molecular complexity index is 194. The molecule has 0 unspecified atom stereocenters. The summed E-state index contributed by atoms with van der Waals surface area (Å²) in [7, 11) is 0. The van der Waals surface area contributed by atoms with E-state index >= 15 is 0 Å². The van der Waals surface area contributed by atoms with Crippen LogP contribution in [0.4, 0.5) is 0 Å². The van der Waals surface area contributed by atoms with Crippen molar-refractivity contribution in [3.63, 3.8) is 0 Å². The molecular formula is C8H10N2. The maximum atomic E-state index is 8.41. The molecule has 0 fully saturated rings. The second-order valence-corrected chi connectivity index (χ2v) is 1.65. The van der Waals surface area contributed by atoms with Gasteiger partial charge in [-0.2, -0.15) is 5.26 Å². The summed E-state index contributed by atoms with van der Waals surface area (Å²) in [5.41, 5.74) is 0.679. The molecule has 0 rings (SSSR count). The number of nitrogens with zero attached hydrogens (tertiary/aromatic N) is 2. The first-order valence-electron chi connectivity index (χ1n) is 3.08. The van der Waals surface area contributed by atoms with Crippen molar-refractivity contribution >= 4 is 6.21 Å². The van der Waals surface area contributed by atoms with Crippen molar-refractivity contribution in [2.24, 2.45) is 4.99 Å². The maximum absolute atomic E-state index is 8.41. The highest BCUT2D eigenvalue weighted by atomic mass is 14.7. The van der Waals surface area contributed by atoms with Gasteiger partial charge in [0.25, 0.3) is 0 Å². The Hall–Kier alpha value is -1.36. The minimum absolute atomic E-state index is 0.679. The van der Waals surface area contributed by atoms with Gasteiger partial charge < -0.3 is 0 Å². The van der Waals surface area contributed by atoms with Crippen molar-refractivity contribution in [1.29, 1.82) is 5.26 Å². The number of hydrogen-bond donors (Lipinski definition) is 0. The van der Waals surface area contributed by atoms with Crippen LogP contribution in [0, 0.1) is 11.3 Å². The Morgan fingerprint density at radius 2 is 2.50 bits per heavy atom. The first-order valence-corrected chi connectivity index (χ1v) is 3.08. The average molecular weight is 134 g/mol. The lowest BCUT2D eigenvalue weighted by Gasteiger charge is -1.83. The normalized spacial score (nSPS) is 11.4. The Kier molecular flexibility index (Phi) is 4.99. The highest BCUT2D eigenvalue weighted by Gasteiger charge is 1.85. The summed E-state index contributed by atoms with van der Waals surface area (Å²) >= 11 is 0. The highest BCUT2D eigenvalue weighted by molar-refractivity contribution is 5.70. The number of rotatable bonds is 3. The third kappa shape index (κ3) is 3.62. The van der Waals surface area contributed by atoms with E-state index in [4.69, 9.17) is 5.26 Å². The molecule has 0 spiro atoms. The lowest BCUT2D eigenvalue weighted by atomic mass is 10.2. The van der Waals surface area contributed by atoms with Gasteiger partial charge in [0.1, 0.15) is 0 Å². The largest absolute Gasteiger partial charge is 0.264 e. The molecule has 0 heterocycles. The number of aliphatic imine (C=N–C) groups is 1. The zero-order valence-electron chi connectivity index (χ0n) is 6.04. The van der Waals surface area contributed by atoms with Crippen molar-refractivity contribution in [2.75, 3.05) is 0 Å². The fourth-order valence-corrected chi connectivity index (χ4v) is 0.393. The van der Waals surface area contributed by atoms with E-state index < -0.39 is 0 Å². The van der Waals surface area contributed by atoms with Crippen molar-refractivity contribution in [3.8, 4) is 6.07 Å². The second-order valence-electron chi connectivity index (χ2n) is 1.65. The molecule has 2 nitrogen and oxygen atoms in total. The fourth-order valence-electron chi connectivity index (χ4n) is 0.393. The smallest absolute Gasteiger partial charge is 0.0963 e. The molecule has 10 heavy (non-hydrogen) atoms. The van der Waals surface area contributed by atoms with E-state index in [-0.39, 0.29) is 0 Å². The minimum atomic E-state index is 0.679. The lowest BCUT2D eigenvalue weighted by Crippen LogP contribution is -1.71. The van der Waals surface area contributed by atoms with Crippen LogP contribution in [0.3, 0.4) is 0 Å². The van der Waals surface area contributed by atoms with E-state index in [1.54, 1.807) is 18.5 Å². The topological polar surface area (TPSA) is 36.1 Å². The average Bonchev–Trinajstić information content (AvgIpc) is 1.99. The Labute approximate surface area is 61.2 Å². The molecule has 0 aromatic carbocycles. The molecule has 0 saturated heterocycles. The summed E-state index contributed by atoms with van der Waals surface area (Å²) in [6.07, 6.45) is 5.39. The fraction of sp³-hybridized carbons (Fsp3) is 0.250. The molecule has 0 N–H and O–H groups in total. The molecule has 2 heteroatoms. The summed E-state index contributed by atoms with van der Waals surface area (Å²) in [5, 5.41) is 8.41. The standard InChI is InChI=1S/C8H10N2/c1-3-5-10-7-8(4-2)6-9/h3,5,7H,1,4H2,2H3/b8-7+,10-5?. The van der Waals surface area contributed by atoms with Crippen LogP contribution in [0.1, 0.15) is 13.3 Å². The third-order valence-electron chi connectivity index (χ3n) is 0.946. The summed E-state index contributed by atoms with van der Waals surface area (Å²) in [6.45, 7) is 5.36. The van der Waals surface area contributed by atoms with Gasteiger partial charge in [-0.1, -0.05) is 19.6 Å². The number of allylic oxidation sites excluding steroid dienone is 2. The van der Waals surface area contributed by atoms with E-state index in [0.717, 1.165) is 6.42 Å². The molecule has 0 aromatic rings. The first kappa shape index (κ1) is 8.64. The molecule has 0 aliphatic carbocycles. The molecule has 0 aliphatic rings. The lowest BCUT2D eigenvalue weighted by molar-refractivity contribution is 1.14. The van der Waals surface area contributed by atoms with Gasteiger partial charge in [-0.05, 0) is 6.42 Å². The zero-order chi connectivity index (χ0) is 7.82. The molecule has 0 saturated carbocycles. The van der Waals surface area contributed by atoms with Crippen LogP contribution in [0.5, 0.6) is 0 Å². The highest BCUT2D eigenvalue weighted by Crippen LogP contribution is 1.96. The van der Waals surface area contributed by atoms with Crippen molar-refractivity contribution < 1.29 is 0 Å². The van der Waals surface area contributed by atoms with Crippen molar-refractivity contribution in [2.45, 2.75) is 13.3 Å². The van der Waals surface area contributed by atoms with Crippen LogP contribution in [0.25, 0.3) is 0 Å². The quantitative estimate of drug-likeness (QED) is 0.430. The van der Waals surface area contributed by atoms with E-state index in [1.807, 2.05) is 13.0 Å². The Balaban J connectivity index is 4.01. The van der Waals surface area contributed by atoms with Gasteiger partial charge in [0, 0.05) is 18.0 Å². The van der Waals surface area contributed by atoms with E-state index in [2.05, 4.69) is 11.6 Å². The summed E-state index contributed by atoms with van der Waals surface area (Å²) in [6, 6.07) is 2.02. The van der Waals surface area contributed by atoms with Gasteiger partial charge in [0.05, 0.1) is 6.07 Å². The van der Waals surface area contributed by atoms with Crippen molar-refractivity contribution in [1.82, 2.24) is 0 Å². The predicted molar refractivity (Wildman–Crippen MR) is 42.7 cm³/mol. The van der Waals surface area contributed by atoms with Gasteiger partial charge >= 0.3 is 0 Å². The Morgan fingerprint density at radius 1 is 1.80 bits per heavy atom. The van der Waals surface area contributed by atoms with Crippen LogP contribution in [-0.2, 0) is 0 Å².